The molecule has 1 atom stereocenters. The molecule has 4 heterocycles. The summed E-state index contributed by atoms with van der Waals surface area (Å²) in [6, 6.07) is 17.5. The molecule has 9 nitrogen and oxygen atoms in total. The van der Waals surface area contributed by atoms with Gasteiger partial charge < -0.3 is 24.3 Å². The first-order valence-corrected chi connectivity index (χ1v) is 15.6. The van der Waals surface area contributed by atoms with E-state index in [9.17, 15) is 10.1 Å². The molecule has 2 saturated heterocycles. The molecule has 4 aliphatic rings. The number of fused-ring (bicyclic) bond motifs is 2. The minimum absolute atomic E-state index is 0.128. The van der Waals surface area contributed by atoms with Crippen LogP contribution in [-0.2, 0) is 17.8 Å². The van der Waals surface area contributed by atoms with Crippen LogP contribution in [0, 0.1) is 16.7 Å². The number of piperazine rings is 1. The van der Waals surface area contributed by atoms with Gasteiger partial charge in [-0.05, 0) is 56.3 Å². The number of aromatic nitrogens is 2. The van der Waals surface area contributed by atoms with Crippen LogP contribution >= 0.6 is 0 Å². The first kappa shape index (κ1) is 27.7. The van der Waals surface area contributed by atoms with Gasteiger partial charge in [0.2, 0.25) is 5.91 Å². The van der Waals surface area contributed by atoms with Gasteiger partial charge in [-0.2, -0.15) is 15.2 Å². The molecule has 0 N–H and O–H groups in total. The van der Waals surface area contributed by atoms with Crippen molar-refractivity contribution in [3.05, 3.63) is 66.4 Å². The van der Waals surface area contributed by atoms with Gasteiger partial charge in [-0.15, -0.1) is 0 Å². The molecule has 43 heavy (non-hydrogen) atoms. The summed E-state index contributed by atoms with van der Waals surface area (Å²) in [5.41, 5.74) is 3.56. The molecule has 2 aromatic carbocycles. The summed E-state index contributed by atoms with van der Waals surface area (Å²) >= 11 is 0. The third-order valence-corrected chi connectivity index (χ3v) is 9.67. The third-order valence-electron chi connectivity index (χ3n) is 9.67. The fraction of sp³-hybridized carbons (Fsp3) is 0.471. The molecule has 3 aliphatic heterocycles. The Hall–Kier alpha value is -4.16. The zero-order valence-corrected chi connectivity index (χ0v) is 24.7. The number of likely N-dealkylation sites (tertiary alicyclic amines) is 1. The zero-order valence-electron chi connectivity index (χ0n) is 24.7. The van der Waals surface area contributed by atoms with E-state index in [-0.39, 0.29) is 23.8 Å². The fourth-order valence-corrected chi connectivity index (χ4v) is 6.90. The van der Waals surface area contributed by atoms with Crippen LogP contribution in [0.5, 0.6) is 6.01 Å². The van der Waals surface area contributed by atoms with Crippen molar-refractivity contribution in [1.82, 2.24) is 19.8 Å². The molecule has 3 fully saturated rings. The number of rotatable bonds is 9. The molecule has 1 unspecified atom stereocenters. The summed E-state index contributed by atoms with van der Waals surface area (Å²) in [6.07, 6.45) is 6.08. The van der Waals surface area contributed by atoms with Gasteiger partial charge in [0.15, 0.2) is 0 Å². The average Bonchev–Trinajstić information content (AvgIpc) is 3.80. The van der Waals surface area contributed by atoms with Crippen LogP contribution < -0.4 is 14.5 Å². The summed E-state index contributed by atoms with van der Waals surface area (Å²) in [7, 11) is 0. The lowest BCUT2D eigenvalue weighted by Gasteiger charge is -2.42. The van der Waals surface area contributed by atoms with Gasteiger partial charge in [0, 0.05) is 54.8 Å². The Kier molecular flexibility index (Phi) is 7.39. The van der Waals surface area contributed by atoms with Gasteiger partial charge in [0.25, 0.3) is 0 Å². The van der Waals surface area contributed by atoms with E-state index in [1.807, 2.05) is 0 Å². The molecule has 0 spiro atoms. The minimum atomic E-state index is -0.221. The number of hydrogen-bond donors (Lipinski definition) is 0. The number of anilines is 2. The van der Waals surface area contributed by atoms with Gasteiger partial charge in [-0.1, -0.05) is 43.0 Å². The highest BCUT2D eigenvalue weighted by atomic mass is 16.5. The summed E-state index contributed by atoms with van der Waals surface area (Å²) in [4.78, 5) is 31.6. The van der Waals surface area contributed by atoms with Crippen LogP contribution in [-0.4, -0.2) is 84.1 Å². The van der Waals surface area contributed by atoms with Gasteiger partial charge in [-0.25, -0.2) is 0 Å². The molecule has 222 valence electrons. The maximum absolute atomic E-state index is 12.6. The lowest BCUT2D eigenvalue weighted by Crippen LogP contribution is -2.55. The van der Waals surface area contributed by atoms with E-state index in [0.29, 0.717) is 38.8 Å². The van der Waals surface area contributed by atoms with Crippen molar-refractivity contribution in [2.24, 2.45) is 5.41 Å². The Morgan fingerprint density at radius 1 is 1.07 bits per heavy atom. The van der Waals surface area contributed by atoms with E-state index in [0.717, 1.165) is 36.6 Å². The van der Waals surface area contributed by atoms with Crippen LogP contribution in [0.15, 0.2) is 55.1 Å². The van der Waals surface area contributed by atoms with Crippen molar-refractivity contribution in [1.29, 1.82) is 5.26 Å². The number of benzene rings is 2. The van der Waals surface area contributed by atoms with E-state index in [1.165, 1.54) is 54.9 Å². The van der Waals surface area contributed by atoms with Gasteiger partial charge in [0.05, 0.1) is 37.4 Å². The maximum Gasteiger partial charge on any atom is 0.318 e. The number of carbonyl (C=O) groups excluding carboxylic acids is 1. The normalized spacial score (nSPS) is 21.1. The van der Waals surface area contributed by atoms with Crippen molar-refractivity contribution in [2.45, 2.75) is 44.7 Å². The molecule has 7 rings (SSSR count). The fourth-order valence-electron chi connectivity index (χ4n) is 6.90. The molecule has 1 aromatic heterocycles. The third kappa shape index (κ3) is 5.52. The molecule has 1 saturated carbocycles. The maximum atomic E-state index is 12.6. The molecule has 1 aliphatic carbocycles. The van der Waals surface area contributed by atoms with Gasteiger partial charge >= 0.3 is 6.01 Å². The average molecular weight is 578 g/mol. The Balaban J connectivity index is 1.19. The summed E-state index contributed by atoms with van der Waals surface area (Å²) in [5.74, 6) is 0.759. The van der Waals surface area contributed by atoms with Crippen molar-refractivity contribution in [3.8, 4) is 12.1 Å². The highest BCUT2D eigenvalue weighted by Gasteiger charge is 2.46. The minimum Gasteiger partial charge on any atom is -0.463 e. The van der Waals surface area contributed by atoms with Crippen molar-refractivity contribution < 1.29 is 9.53 Å². The van der Waals surface area contributed by atoms with Gasteiger partial charge in [-0.3, -0.25) is 4.79 Å². The first-order chi connectivity index (χ1) is 21.1. The number of hydrogen-bond acceptors (Lipinski definition) is 8. The Morgan fingerprint density at radius 3 is 2.67 bits per heavy atom. The number of nitriles is 1. The number of carbonyl (C=O) groups is 1. The smallest absolute Gasteiger partial charge is 0.318 e. The number of nitrogens with zero attached hydrogens (tertiary/aromatic N) is 7. The molecular weight excluding hydrogens is 538 g/mol. The molecule has 0 bridgehead atoms. The van der Waals surface area contributed by atoms with E-state index >= 15 is 0 Å². The SMILES string of the molecule is C=CC(=O)N1CCN(c2nc(OCC3(CN4CCC4)CC3)nc3c2CCN(c2cccc4ccccc24)C3)CC1CC#N. The van der Waals surface area contributed by atoms with Crippen molar-refractivity contribution >= 4 is 28.2 Å². The van der Waals surface area contributed by atoms with Crippen LogP contribution in [0.1, 0.15) is 36.9 Å². The summed E-state index contributed by atoms with van der Waals surface area (Å²) < 4.78 is 6.44. The Bertz CT molecular complexity index is 1570. The molecule has 3 aromatic rings. The van der Waals surface area contributed by atoms with Crippen molar-refractivity contribution in [3.63, 3.8) is 0 Å². The van der Waals surface area contributed by atoms with Crippen LogP contribution in [0.25, 0.3) is 10.8 Å². The van der Waals surface area contributed by atoms with Crippen LogP contribution in [0.4, 0.5) is 11.5 Å². The van der Waals surface area contributed by atoms with E-state index in [4.69, 9.17) is 14.7 Å². The standard InChI is InChI=1S/C34H39N7O2/c1-2-31(42)41-20-19-40(21-26(41)11-15-35)32-28-12-18-39(30-10-5-8-25-7-3-4-9-27(25)30)22-29(28)36-33(37-32)43-24-34(13-14-34)23-38-16-6-17-38/h2-5,7-10,26H,1,6,11-14,16-24H2. The first-order valence-electron chi connectivity index (χ1n) is 15.6. The van der Waals surface area contributed by atoms with E-state index < -0.39 is 0 Å². The highest BCUT2D eigenvalue weighted by molar-refractivity contribution is 5.94. The molecule has 1 amide bonds. The number of amides is 1. The van der Waals surface area contributed by atoms with E-state index in [2.05, 4.69) is 69.8 Å². The van der Waals surface area contributed by atoms with Gasteiger partial charge in [0.1, 0.15) is 5.82 Å². The topological polar surface area (TPSA) is 88.8 Å². The second-order valence-corrected chi connectivity index (χ2v) is 12.5. The number of ether oxygens (including phenoxy) is 1. The summed E-state index contributed by atoms with van der Waals surface area (Å²) in [6.45, 7) is 11.0. The summed E-state index contributed by atoms with van der Waals surface area (Å²) in [5, 5.41) is 12.0. The van der Waals surface area contributed by atoms with Crippen molar-refractivity contribution in [2.75, 3.05) is 62.2 Å². The predicted octanol–water partition coefficient (Wildman–Crippen LogP) is 4.17. The second kappa shape index (κ2) is 11.5. The second-order valence-electron chi connectivity index (χ2n) is 12.5. The quantitative estimate of drug-likeness (QED) is 0.350. The molecular formula is C34H39N7O2. The molecule has 0 radical (unpaired) electrons. The van der Waals surface area contributed by atoms with E-state index in [1.54, 1.807) is 4.90 Å². The van der Waals surface area contributed by atoms with Crippen LogP contribution in [0.2, 0.25) is 0 Å². The predicted molar refractivity (Wildman–Crippen MR) is 167 cm³/mol. The zero-order chi connectivity index (χ0) is 29.4. The monoisotopic (exact) mass is 577 g/mol. The lowest BCUT2D eigenvalue weighted by atomic mass is 10.0. The Morgan fingerprint density at radius 2 is 1.91 bits per heavy atom. The molecule has 9 heteroatoms. The highest BCUT2D eigenvalue weighted by Crippen LogP contribution is 2.47. The largest absolute Gasteiger partial charge is 0.463 e. The van der Waals surface area contributed by atoms with Crippen LogP contribution in [0.3, 0.4) is 0 Å². The Labute approximate surface area is 253 Å². The lowest BCUT2D eigenvalue weighted by molar-refractivity contribution is -0.128.